The van der Waals surface area contributed by atoms with Crippen molar-refractivity contribution >= 4 is 27.3 Å². The van der Waals surface area contributed by atoms with Gasteiger partial charge in [-0.05, 0) is 25.1 Å². The second-order valence-corrected chi connectivity index (χ2v) is 11.6. The number of aromatic nitrogens is 3. The summed E-state index contributed by atoms with van der Waals surface area (Å²) in [6.07, 6.45) is -2.50. The van der Waals surface area contributed by atoms with Gasteiger partial charge in [0.25, 0.3) is 11.8 Å². The van der Waals surface area contributed by atoms with Crippen molar-refractivity contribution in [2.75, 3.05) is 13.1 Å². The van der Waals surface area contributed by atoms with Gasteiger partial charge in [0.05, 0.1) is 4.90 Å². The van der Waals surface area contributed by atoms with Gasteiger partial charge in [0, 0.05) is 72.6 Å². The summed E-state index contributed by atoms with van der Waals surface area (Å²) in [5, 5.41) is 2.95. The maximum atomic E-state index is 13.6. The molecule has 1 fully saturated rings. The molecule has 2 aromatic heterocycles. The molecule has 0 saturated carbocycles. The Balaban J connectivity index is 1.61. The molecule has 37 heavy (non-hydrogen) atoms. The predicted molar refractivity (Wildman–Crippen MR) is 123 cm³/mol. The number of carbonyl (C=O) groups excluding carboxylic acids is 1. The number of amides is 1. The molecule has 15 heteroatoms. The number of rotatable bonds is 6. The molecule has 4 rings (SSSR count). The molecule has 1 amide bonds. The third-order valence-electron chi connectivity index (χ3n) is 5.54. The van der Waals surface area contributed by atoms with Crippen LogP contribution < -0.4 is 5.32 Å². The van der Waals surface area contributed by atoms with E-state index in [-0.39, 0.29) is 35.7 Å². The first kappa shape index (κ1) is 27.0. The van der Waals surface area contributed by atoms with Crippen LogP contribution in [0.2, 0.25) is 0 Å². The number of carbonyl (C=O) groups is 1. The molecule has 1 aliphatic heterocycles. The largest absolute Gasteiger partial charge is 0.451 e. The minimum atomic E-state index is -4.71. The molecule has 8 nitrogen and oxygen atoms in total. The van der Waals surface area contributed by atoms with Crippen molar-refractivity contribution in [3.63, 3.8) is 0 Å². The zero-order valence-corrected chi connectivity index (χ0v) is 20.9. The van der Waals surface area contributed by atoms with Gasteiger partial charge in [-0.15, -0.1) is 11.3 Å². The molecular weight excluding hydrogens is 541 g/mol. The van der Waals surface area contributed by atoms with Crippen LogP contribution in [0.1, 0.15) is 39.5 Å². The lowest BCUT2D eigenvalue weighted by molar-refractivity contribution is -0.145. The van der Waals surface area contributed by atoms with Gasteiger partial charge in [0.2, 0.25) is 15.8 Å². The molecule has 0 bridgehead atoms. The van der Waals surface area contributed by atoms with Gasteiger partial charge in [-0.3, -0.25) is 4.79 Å². The second-order valence-electron chi connectivity index (χ2n) is 8.38. The lowest BCUT2D eigenvalue weighted by Crippen LogP contribution is -2.42. The number of thiazole rings is 1. The molecule has 1 aliphatic rings. The van der Waals surface area contributed by atoms with Crippen LogP contribution in [-0.4, -0.2) is 52.6 Å². The van der Waals surface area contributed by atoms with Crippen molar-refractivity contribution in [1.82, 2.24) is 24.6 Å². The number of alkyl halides is 5. The highest BCUT2D eigenvalue weighted by atomic mass is 32.2. The second kappa shape index (κ2) is 10.0. The van der Waals surface area contributed by atoms with E-state index in [2.05, 4.69) is 20.3 Å². The summed E-state index contributed by atoms with van der Waals surface area (Å²) in [5.41, 5.74) is 0.471. The summed E-state index contributed by atoms with van der Waals surface area (Å²) in [7, 11) is -4.21. The Labute approximate surface area is 212 Å². The average Bonchev–Trinajstić information content (AvgIpc) is 3.28. The Hall–Kier alpha value is -3.04. The monoisotopic (exact) mass is 561 g/mol. The van der Waals surface area contributed by atoms with E-state index in [0.717, 1.165) is 27.6 Å². The quantitative estimate of drug-likeness (QED) is 0.451. The average molecular weight is 562 g/mol. The topological polar surface area (TPSA) is 105 Å². The van der Waals surface area contributed by atoms with Crippen LogP contribution >= 0.6 is 11.3 Å². The first-order chi connectivity index (χ1) is 17.2. The van der Waals surface area contributed by atoms with Crippen molar-refractivity contribution in [2.45, 2.75) is 43.3 Å². The Morgan fingerprint density at radius 3 is 2.30 bits per heavy atom. The summed E-state index contributed by atoms with van der Waals surface area (Å²) in [6.45, 7) is 0.840. The number of nitrogens with one attached hydrogen (secondary N) is 1. The molecular formula is C22H20F5N5O3S2. The molecule has 0 unspecified atom stereocenters. The summed E-state index contributed by atoms with van der Waals surface area (Å²) in [6, 6.07) is 3.89. The summed E-state index contributed by atoms with van der Waals surface area (Å²) in [5.74, 6) is -4.98. The molecule has 1 saturated heterocycles. The molecule has 0 radical (unpaired) electrons. The zero-order chi connectivity index (χ0) is 27.0. The van der Waals surface area contributed by atoms with E-state index in [9.17, 15) is 35.2 Å². The van der Waals surface area contributed by atoms with Crippen LogP contribution in [0.3, 0.4) is 0 Å². The smallest absolute Gasteiger partial charge is 0.348 e. The van der Waals surface area contributed by atoms with Crippen molar-refractivity contribution in [3.8, 4) is 10.6 Å². The number of hydrogen-bond acceptors (Lipinski definition) is 7. The molecule has 3 aromatic rings. The number of piperidine rings is 1. The van der Waals surface area contributed by atoms with Crippen molar-refractivity contribution in [2.24, 2.45) is 0 Å². The highest BCUT2D eigenvalue weighted by molar-refractivity contribution is 7.89. The Kier molecular flexibility index (Phi) is 7.32. The Morgan fingerprint density at radius 1 is 1.08 bits per heavy atom. The normalized spacial score (nSPS) is 16.5. The summed E-state index contributed by atoms with van der Waals surface area (Å²) in [4.78, 5) is 24.2. The Morgan fingerprint density at radius 2 is 1.73 bits per heavy atom. The van der Waals surface area contributed by atoms with Gasteiger partial charge >= 0.3 is 6.18 Å². The van der Waals surface area contributed by atoms with Crippen LogP contribution in [0.25, 0.3) is 10.6 Å². The standard InChI is InChI=1S/C22H20F5N5O3S2/c1-13-9-29-19(36-13)16-6-15(18(33)28-10-14-11-30-20(31-12-14)22(25,26)27)7-17(8-16)37(34,35)32-4-2-21(23,24)3-5-32/h6-9,11-12H,2-5,10H2,1H3,(H,28,33). The van der Waals surface area contributed by atoms with Gasteiger partial charge in [-0.1, -0.05) is 0 Å². The lowest BCUT2D eigenvalue weighted by Gasteiger charge is -2.31. The maximum Gasteiger partial charge on any atom is 0.451 e. The molecule has 0 spiro atoms. The van der Waals surface area contributed by atoms with Gasteiger partial charge < -0.3 is 5.32 Å². The molecule has 0 aliphatic carbocycles. The zero-order valence-electron chi connectivity index (χ0n) is 19.2. The number of halogens is 5. The van der Waals surface area contributed by atoms with Gasteiger partial charge in [-0.2, -0.15) is 17.5 Å². The van der Waals surface area contributed by atoms with Crippen LogP contribution in [0.5, 0.6) is 0 Å². The van der Waals surface area contributed by atoms with Crippen LogP contribution in [-0.2, 0) is 22.7 Å². The molecule has 3 heterocycles. The van der Waals surface area contributed by atoms with E-state index in [0.29, 0.717) is 10.6 Å². The molecule has 1 N–H and O–H groups in total. The number of benzene rings is 1. The number of nitrogens with zero attached hydrogens (tertiary/aromatic N) is 4. The third kappa shape index (κ3) is 6.27. The highest BCUT2D eigenvalue weighted by Gasteiger charge is 2.39. The summed E-state index contributed by atoms with van der Waals surface area (Å²) >= 11 is 1.27. The minimum Gasteiger partial charge on any atom is -0.348 e. The Bertz CT molecular complexity index is 1400. The van der Waals surface area contributed by atoms with E-state index in [1.54, 1.807) is 13.1 Å². The predicted octanol–water partition coefficient (Wildman–Crippen LogP) is 4.28. The van der Waals surface area contributed by atoms with Crippen molar-refractivity contribution < 1.29 is 35.2 Å². The third-order valence-corrected chi connectivity index (χ3v) is 8.38. The molecule has 1 aromatic carbocycles. The van der Waals surface area contributed by atoms with Crippen molar-refractivity contribution in [3.05, 3.63) is 58.6 Å². The number of hydrogen-bond donors (Lipinski definition) is 1. The van der Waals surface area contributed by atoms with Gasteiger partial charge in [-0.25, -0.2) is 32.2 Å². The summed E-state index contributed by atoms with van der Waals surface area (Å²) < 4.78 is 92.6. The molecule has 0 atom stereocenters. The van der Waals surface area contributed by atoms with Crippen LogP contribution in [0.4, 0.5) is 22.0 Å². The van der Waals surface area contributed by atoms with Gasteiger partial charge in [0.1, 0.15) is 5.01 Å². The van der Waals surface area contributed by atoms with E-state index < -0.39 is 46.7 Å². The van der Waals surface area contributed by atoms with Crippen LogP contribution in [0, 0.1) is 6.92 Å². The fourth-order valence-electron chi connectivity index (χ4n) is 3.57. The first-order valence-electron chi connectivity index (χ1n) is 10.9. The van der Waals surface area contributed by atoms with E-state index >= 15 is 0 Å². The number of sulfonamides is 1. The van der Waals surface area contributed by atoms with Crippen molar-refractivity contribution in [1.29, 1.82) is 0 Å². The number of aryl methyl sites for hydroxylation is 1. The molecule has 198 valence electrons. The van der Waals surface area contributed by atoms with E-state index in [1.807, 2.05) is 0 Å². The van der Waals surface area contributed by atoms with E-state index in [1.165, 1.54) is 23.5 Å². The fraction of sp³-hybridized carbons (Fsp3) is 0.364. The van der Waals surface area contributed by atoms with E-state index in [4.69, 9.17) is 0 Å². The maximum absolute atomic E-state index is 13.6. The fourth-order valence-corrected chi connectivity index (χ4v) is 5.84. The SMILES string of the molecule is Cc1cnc(-c2cc(C(=O)NCc3cnc(C(F)(F)F)nc3)cc(S(=O)(=O)N3CCC(F)(F)CC3)c2)s1. The highest BCUT2D eigenvalue weighted by Crippen LogP contribution is 2.33. The first-order valence-corrected chi connectivity index (χ1v) is 13.1. The van der Waals surface area contributed by atoms with Crippen LogP contribution in [0.15, 0.2) is 41.7 Å². The van der Waals surface area contributed by atoms with Gasteiger partial charge in [0.15, 0.2) is 0 Å². The minimum absolute atomic E-state index is 0.0564. The lowest BCUT2D eigenvalue weighted by atomic mass is 10.1.